The fourth-order valence-corrected chi connectivity index (χ4v) is 4.07. The van der Waals surface area contributed by atoms with Crippen LogP contribution in [-0.2, 0) is 13.1 Å². The Bertz CT molecular complexity index is 1160. The van der Waals surface area contributed by atoms with Crippen LogP contribution in [-0.4, -0.2) is 28.9 Å². The summed E-state index contributed by atoms with van der Waals surface area (Å²) in [6.07, 6.45) is 2.45. The fourth-order valence-electron chi connectivity index (χ4n) is 3.82. The van der Waals surface area contributed by atoms with Gasteiger partial charge in [0.25, 0.3) is 0 Å². The number of nitrogens with two attached hydrogens (primary N) is 1. The van der Waals surface area contributed by atoms with Crippen LogP contribution in [0.3, 0.4) is 0 Å². The number of benzene rings is 2. The summed E-state index contributed by atoms with van der Waals surface area (Å²) in [5, 5.41) is 6.54. The number of nitrogen functional groups attached to an aromatic ring is 1. The molecule has 1 unspecified atom stereocenters. The number of hydrogen-bond donors (Lipinski definition) is 3. The van der Waals surface area contributed by atoms with Crippen LogP contribution < -0.4 is 16.4 Å². The number of aromatic nitrogens is 2. The Labute approximate surface area is 196 Å². The van der Waals surface area contributed by atoms with Crippen molar-refractivity contribution in [1.82, 2.24) is 20.2 Å². The van der Waals surface area contributed by atoms with Gasteiger partial charge in [0.05, 0.1) is 16.8 Å². The normalized spacial score (nSPS) is 15.9. The van der Waals surface area contributed by atoms with Crippen LogP contribution in [0.5, 0.6) is 0 Å². The van der Waals surface area contributed by atoms with Crippen molar-refractivity contribution in [3.05, 3.63) is 82.8 Å². The molecule has 3 aromatic rings. The van der Waals surface area contributed by atoms with E-state index >= 15 is 0 Å². The molecule has 4 rings (SSSR count). The summed E-state index contributed by atoms with van der Waals surface area (Å²) in [6.45, 7) is 6.43. The lowest BCUT2D eigenvalue weighted by Gasteiger charge is -2.15. The molecule has 0 radical (unpaired) electrons. The summed E-state index contributed by atoms with van der Waals surface area (Å²) in [4.78, 5) is 8.84. The molecule has 4 N–H and O–H groups in total. The van der Waals surface area contributed by atoms with E-state index in [1.807, 2.05) is 0 Å². The summed E-state index contributed by atoms with van der Waals surface area (Å²) >= 11 is 6.32. The predicted octanol–water partition coefficient (Wildman–Crippen LogP) is 4.35. The minimum absolute atomic E-state index is 0.202. The monoisotopic (exact) mass is 470 g/mol. The molecule has 33 heavy (non-hydrogen) atoms. The Morgan fingerprint density at radius 1 is 1.27 bits per heavy atom. The molecular weight excluding hydrogens is 446 g/mol. The van der Waals surface area contributed by atoms with Crippen LogP contribution in [0, 0.1) is 17.6 Å². The third-order valence-electron chi connectivity index (χ3n) is 5.61. The number of aliphatic imine (C=N–C) groups is 1. The van der Waals surface area contributed by atoms with Gasteiger partial charge in [0, 0.05) is 18.7 Å². The smallest absolute Gasteiger partial charge is 0.146 e. The van der Waals surface area contributed by atoms with Crippen molar-refractivity contribution >= 4 is 23.6 Å². The first kappa shape index (κ1) is 22.9. The molecule has 2 heterocycles. The van der Waals surface area contributed by atoms with E-state index in [0.29, 0.717) is 41.2 Å². The number of hydrogen-bond acceptors (Lipinski definition) is 5. The van der Waals surface area contributed by atoms with Crippen molar-refractivity contribution in [3.63, 3.8) is 0 Å². The van der Waals surface area contributed by atoms with Gasteiger partial charge in [0.2, 0.25) is 0 Å². The van der Waals surface area contributed by atoms with E-state index in [1.54, 1.807) is 34.9 Å². The largest absolute Gasteiger partial charge is 0.383 e. The van der Waals surface area contributed by atoms with Crippen LogP contribution in [0.15, 0.2) is 59.9 Å². The lowest BCUT2D eigenvalue weighted by Crippen LogP contribution is -2.17. The van der Waals surface area contributed by atoms with Crippen molar-refractivity contribution in [2.75, 3.05) is 18.8 Å². The Balaban J connectivity index is 1.59. The maximum atomic E-state index is 14.7. The summed E-state index contributed by atoms with van der Waals surface area (Å²) < 4.78 is 30.3. The fraction of sp³-hybridized carbons (Fsp3) is 0.250. The summed E-state index contributed by atoms with van der Waals surface area (Å²) in [5.74, 6) is 0.594. The van der Waals surface area contributed by atoms with Gasteiger partial charge in [-0.15, -0.1) is 0 Å². The van der Waals surface area contributed by atoms with Crippen LogP contribution in [0.25, 0.3) is 11.4 Å². The average Bonchev–Trinajstić information content (AvgIpc) is 3.41. The molecule has 1 fully saturated rings. The highest BCUT2D eigenvalue weighted by Crippen LogP contribution is 2.33. The molecule has 1 aliphatic rings. The van der Waals surface area contributed by atoms with E-state index in [1.165, 1.54) is 18.3 Å². The molecule has 172 valence electrons. The van der Waals surface area contributed by atoms with Crippen LogP contribution >= 0.6 is 11.6 Å². The molecule has 1 saturated heterocycles. The summed E-state index contributed by atoms with van der Waals surface area (Å²) in [5.41, 5.74) is 7.49. The van der Waals surface area contributed by atoms with Crippen LogP contribution in [0.4, 0.5) is 14.6 Å². The third-order valence-corrected chi connectivity index (χ3v) is 5.92. The van der Waals surface area contributed by atoms with Gasteiger partial charge < -0.3 is 20.9 Å². The lowest BCUT2D eigenvalue weighted by atomic mass is 10.1. The number of anilines is 1. The Morgan fingerprint density at radius 2 is 2.06 bits per heavy atom. The number of nitrogens with one attached hydrogen (secondary N) is 2. The zero-order valence-corrected chi connectivity index (χ0v) is 18.7. The highest BCUT2D eigenvalue weighted by molar-refractivity contribution is 6.33. The zero-order chi connectivity index (χ0) is 23.4. The van der Waals surface area contributed by atoms with Gasteiger partial charge >= 0.3 is 0 Å². The number of imidazole rings is 1. The predicted molar refractivity (Wildman–Crippen MR) is 128 cm³/mol. The molecule has 0 spiro atoms. The van der Waals surface area contributed by atoms with E-state index in [2.05, 4.69) is 27.2 Å². The average molecular weight is 471 g/mol. The van der Waals surface area contributed by atoms with Gasteiger partial charge in [-0.3, -0.25) is 0 Å². The van der Waals surface area contributed by atoms with Crippen molar-refractivity contribution in [1.29, 1.82) is 0 Å². The number of halogens is 3. The lowest BCUT2D eigenvalue weighted by molar-refractivity contribution is 0.487. The molecule has 6 nitrogen and oxygen atoms in total. The van der Waals surface area contributed by atoms with Crippen LogP contribution in [0.2, 0.25) is 5.02 Å². The van der Waals surface area contributed by atoms with Gasteiger partial charge in [-0.2, -0.15) is 0 Å². The minimum Gasteiger partial charge on any atom is -0.383 e. The second-order valence-corrected chi connectivity index (χ2v) is 8.33. The van der Waals surface area contributed by atoms with Gasteiger partial charge in [0.15, 0.2) is 0 Å². The van der Waals surface area contributed by atoms with Crippen molar-refractivity contribution < 1.29 is 8.78 Å². The first-order valence-corrected chi connectivity index (χ1v) is 11.0. The molecule has 0 saturated carbocycles. The maximum Gasteiger partial charge on any atom is 0.146 e. The van der Waals surface area contributed by atoms with Crippen molar-refractivity contribution in [3.8, 4) is 11.4 Å². The van der Waals surface area contributed by atoms with Crippen LogP contribution in [0.1, 0.15) is 17.7 Å². The highest BCUT2D eigenvalue weighted by atomic mass is 35.5. The first-order valence-electron chi connectivity index (χ1n) is 10.7. The molecule has 1 aromatic heterocycles. The zero-order valence-electron chi connectivity index (χ0n) is 18.0. The molecule has 1 aliphatic heterocycles. The maximum absolute atomic E-state index is 14.7. The minimum atomic E-state index is -0.474. The second-order valence-electron chi connectivity index (χ2n) is 7.92. The topological polar surface area (TPSA) is 80.3 Å². The number of rotatable bonds is 8. The highest BCUT2D eigenvalue weighted by Gasteiger charge is 2.24. The van der Waals surface area contributed by atoms with E-state index in [-0.39, 0.29) is 22.9 Å². The van der Waals surface area contributed by atoms with E-state index < -0.39 is 5.82 Å². The standard InChI is InChI=1S/C24H25ClF2N6/c1-15(30-12-17-5-2-3-7-19(17)26)31-13-21-23(28)33(14-16-9-10-29-11-16)24(32-21)22-18(25)6-4-8-20(22)27/h2-8,13,16,29-30H,1,9-12,14,28H2. The molecule has 1 atom stereocenters. The van der Waals surface area contributed by atoms with Crippen molar-refractivity contribution in [2.45, 2.75) is 19.5 Å². The molecule has 2 aromatic carbocycles. The van der Waals surface area contributed by atoms with Gasteiger partial charge in [-0.05, 0) is 43.6 Å². The second kappa shape index (κ2) is 10.1. The molecule has 0 bridgehead atoms. The Morgan fingerprint density at radius 3 is 2.79 bits per heavy atom. The summed E-state index contributed by atoms with van der Waals surface area (Å²) in [6, 6.07) is 11.0. The van der Waals surface area contributed by atoms with Gasteiger partial charge in [0.1, 0.15) is 34.8 Å². The van der Waals surface area contributed by atoms with E-state index in [0.717, 1.165) is 19.5 Å². The number of nitrogens with zero attached hydrogens (tertiary/aromatic N) is 3. The quantitative estimate of drug-likeness (QED) is 0.427. The van der Waals surface area contributed by atoms with E-state index in [4.69, 9.17) is 17.3 Å². The first-order chi connectivity index (χ1) is 15.9. The van der Waals surface area contributed by atoms with E-state index in [9.17, 15) is 8.78 Å². The summed E-state index contributed by atoms with van der Waals surface area (Å²) in [7, 11) is 0. The van der Waals surface area contributed by atoms with Gasteiger partial charge in [-0.25, -0.2) is 18.8 Å². The Kier molecular flexibility index (Phi) is 7.05. The molecule has 9 heteroatoms. The van der Waals surface area contributed by atoms with Crippen molar-refractivity contribution in [2.24, 2.45) is 10.9 Å². The molecule has 0 aliphatic carbocycles. The van der Waals surface area contributed by atoms with Gasteiger partial charge in [-0.1, -0.05) is 42.4 Å². The third kappa shape index (κ3) is 5.23. The molecule has 0 amide bonds. The SMILES string of the molecule is C=C(N=Cc1nc(-c2c(F)cccc2Cl)n(CC2CCNC2)c1N)NCc1ccccc1F. The Hall–Kier alpha value is -3.23. The molecular formula is C24H25ClF2N6.